The Balaban J connectivity index is 1.67. The maximum atomic E-state index is 12.9. The number of hydrogen-bond acceptors (Lipinski definition) is 6. The first-order valence-corrected chi connectivity index (χ1v) is 11.7. The molecular weight excluding hydrogens is 475 g/mol. The van der Waals surface area contributed by atoms with Gasteiger partial charge in [0.05, 0.1) is 7.11 Å². The topological polar surface area (TPSA) is 111 Å². The number of carbonyl (C=O) groups is 2. The molecule has 0 aliphatic rings. The Morgan fingerprint density at radius 2 is 1.63 bits per heavy atom. The second-order valence-electron chi connectivity index (χ2n) is 7.50. The van der Waals surface area contributed by atoms with Crippen molar-refractivity contribution < 1.29 is 31.3 Å². The van der Waals surface area contributed by atoms with Crippen molar-refractivity contribution in [2.75, 3.05) is 7.11 Å². The van der Waals surface area contributed by atoms with Crippen molar-refractivity contribution in [1.82, 2.24) is 10.9 Å². The van der Waals surface area contributed by atoms with Gasteiger partial charge in [0.1, 0.15) is 10.7 Å². The van der Waals surface area contributed by atoms with E-state index in [-0.39, 0.29) is 22.0 Å². The van der Waals surface area contributed by atoms with Crippen LogP contribution >= 0.6 is 0 Å². The van der Waals surface area contributed by atoms with Gasteiger partial charge in [-0.25, -0.2) is 4.39 Å². The number of ether oxygens (including phenoxy) is 1. The summed E-state index contributed by atoms with van der Waals surface area (Å²) in [4.78, 5) is 24.0. The highest BCUT2D eigenvalue weighted by Crippen LogP contribution is 2.32. The van der Waals surface area contributed by atoms with E-state index in [0.29, 0.717) is 11.1 Å². The SMILES string of the molecule is COc1cc(/C=C/C(=O)NNC(=O)c2ccc(F)cc2)ccc1OS(=O)(=O)c1cc(C)ccc1C. The van der Waals surface area contributed by atoms with Gasteiger partial charge < -0.3 is 8.92 Å². The minimum absolute atomic E-state index is 0.0124. The molecule has 0 atom stereocenters. The van der Waals surface area contributed by atoms with Crippen LogP contribution in [0.1, 0.15) is 27.0 Å². The average Bonchev–Trinajstić information content (AvgIpc) is 2.83. The molecule has 2 amide bonds. The third-order valence-corrected chi connectivity index (χ3v) is 6.21. The fourth-order valence-corrected chi connectivity index (χ4v) is 4.26. The summed E-state index contributed by atoms with van der Waals surface area (Å²) >= 11 is 0. The number of nitrogens with one attached hydrogen (secondary N) is 2. The number of methoxy groups -OCH3 is 1. The van der Waals surface area contributed by atoms with Crippen LogP contribution in [0.4, 0.5) is 4.39 Å². The fourth-order valence-electron chi connectivity index (χ4n) is 3.00. The van der Waals surface area contributed by atoms with Gasteiger partial charge in [-0.2, -0.15) is 8.42 Å². The summed E-state index contributed by atoms with van der Waals surface area (Å²) in [5.74, 6) is -1.59. The number of hydrazine groups is 1. The number of benzene rings is 3. The van der Waals surface area contributed by atoms with Gasteiger partial charge in [0, 0.05) is 11.6 Å². The molecule has 0 unspecified atom stereocenters. The highest BCUT2D eigenvalue weighted by molar-refractivity contribution is 7.87. The van der Waals surface area contributed by atoms with Crippen molar-refractivity contribution in [3.8, 4) is 11.5 Å². The minimum Gasteiger partial charge on any atom is -0.493 e. The minimum atomic E-state index is -4.10. The maximum Gasteiger partial charge on any atom is 0.339 e. The Morgan fingerprint density at radius 1 is 0.914 bits per heavy atom. The van der Waals surface area contributed by atoms with Crippen LogP contribution in [0.2, 0.25) is 0 Å². The summed E-state index contributed by atoms with van der Waals surface area (Å²) in [6.07, 6.45) is 2.60. The Hall–Kier alpha value is -4.18. The molecular formula is C25H23FN2O6S. The van der Waals surface area contributed by atoms with Crippen molar-refractivity contribution in [3.05, 3.63) is 94.8 Å². The van der Waals surface area contributed by atoms with Crippen molar-refractivity contribution in [1.29, 1.82) is 0 Å². The van der Waals surface area contributed by atoms with Crippen molar-refractivity contribution in [3.63, 3.8) is 0 Å². The molecule has 35 heavy (non-hydrogen) atoms. The predicted molar refractivity (Wildman–Crippen MR) is 128 cm³/mol. The second-order valence-corrected chi connectivity index (χ2v) is 9.02. The molecule has 3 aromatic rings. The van der Waals surface area contributed by atoms with Gasteiger partial charge in [0.2, 0.25) is 0 Å². The molecule has 0 bridgehead atoms. The first-order valence-electron chi connectivity index (χ1n) is 10.3. The van der Waals surface area contributed by atoms with Gasteiger partial charge in [-0.15, -0.1) is 0 Å². The summed E-state index contributed by atoms with van der Waals surface area (Å²) in [5, 5.41) is 0. The summed E-state index contributed by atoms with van der Waals surface area (Å²) in [7, 11) is -2.74. The van der Waals surface area contributed by atoms with Crippen LogP contribution in [0.15, 0.2) is 71.6 Å². The number of carbonyl (C=O) groups excluding carboxylic acids is 2. The Labute approximate surface area is 202 Å². The van der Waals surface area contributed by atoms with Crippen molar-refractivity contribution >= 4 is 28.0 Å². The van der Waals surface area contributed by atoms with Crippen LogP contribution < -0.4 is 19.8 Å². The Bertz CT molecular complexity index is 1390. The molecule has 0 aliphatic heterocycles. The molecule has 0 radical (unpaired) electrons. The van der Waals surface area contributed by atoms with Gasteiger partial charge in [-0.05, 0) is 79.1 Å². The summed E-state index contributed by atoms with van der Waals surface area (Å²) < 4.78 is 49.1. The Kier molecular flexibility index (Phi) is 7.87. The summed E-state index contributed by atoms with van der Waals surface area (Å²) in [6.45, 7) is 3.46. The lowest BCUT2D eigenvalue weighted by Crippen LogP contribution is -2.40. The molecule has 0 heterocycles. The molecule has 0 aromatic heterocycles. The maximum absolute atomic E-state index is 12.9. The largest absolute Gasteiger partial charge is 0.493 e. The van der Waals surface area contributed by atoms with Crippen LogP contribution in [0, 0.1) is 19.7 Å². The van der Waals surface area contributed by atoms with Gasteiger partial charge in [0.15, 0.2) is 11.5 Å². The van der Waals surface area contributed by atoms with Crippen LogP contribution in [-0.4, -0.2) is 27.3 Å². The van der Waals surface area contributed by atoms with E-state index < -0.39 is 27.7 Å². The van der Waals surface area contributed by atoms with Crippen LogP contribution in [0.25, 0.3) is 6.08 Å². The van der Waals surface area contributed by atoms with Gasteiger partial charge in [0.25, 0.3) is 11.8 Å². The average molecular weight is 499 g/mol. The quantitative estimate of drug-likeness (QED) is 0.292. The van der Waals surface area contributed by atoms with E-state index >= 15 is 0 Å². The monoisotopic (exact) mass is 498 g/mol. The van der Waals surface area contributed by atoms with E-state index in [1.165, 1.54) is 49.6 Å². The first kappa shape index (κ1) is 25.4. The van der Waals surface area contributed by atoms with Gasteiger partial charge in [-0.3, -0.25) is 20.4 Å². The zero-order valence-electron chi connectivity index (χ0n) is 19.2. The standard InChI is InChI=1S/C25H23FN2O6S/c1-16-4-5-17(2)23(14-16)35(31,32)34-21-12-6-18(15-22(21)33-3)7-13-24(29)27-28-25(30)19-8-10-20(26)11-9-19/h4-15H,1-3H3,(H,27,29)(H,28,30)/b13-7+. The van der Waals surface area contributed by atoms with E-state index in [0.717, 1.165) is 23.8 Å². The molecule has 0 aliphatic carbocycles. The lowest BCUT2D eigenvalue weighted by Gasteiger charge is -2.13. The van der Waals surface area contributed by atoms with Crippen LogP contribution in [-0.2, 0) is 14.9 Å². The molecule has 8 nitrogen and oxygen atoms in total. The van der Waals surface area contributed by atoms with E-state index in [1.54, 1.807) is 26.0 Å². The summed E-state index contributed by atoms with van der Waals surface area (Å²) in [6, 6.07) is 14.3. The number of aryl methyl sites for hydroxylation is 2. The van der Waals surface area contributed by atoms with E-state index in [9.17, 15) is 22.4 Å². The molecule has 10 heteroatoms. The first-order chi connectivity index (χ1) is 16.6. The Morgan fingerprint density at radius 3 is 2.31 bits per heavy atom. The zero-order valence-corrected chi connectivity index (χ0v) is 20.0. The smallest absolute Gasteiger partial charge is 0.339 e. The molecule has 3 aromatic carbocycles. The lowest BCUT2D eigenvalue weighted by atomic mass is 10.2. The van der Waals surface area contributed by atoms with Gasteiger partial charge in [-0.1, -0.05) is 18.2 Å². The molecule has 0 spiro atoms. The third kappa shape index (κ3) is 6.67. The van der Waals surface area contributed by atoms with E-state index in [1.807, 2.05) is 0 Å². The number of amides is 2. The molecule has 0 saturated heterocycles. The number of halogens is 1. The van der Waals surface area contributed by atoms with Gasteiger partial charge >= 0.3 is 10.1 Å². The van der Waals surface area contributed by atoms with Crippen LogP contribution in [0.5, 0.6) is 11.5 Å². The fraction of sp³-hybridized carbons (Fsp3) is 0.120. The number of hydrogen-bond donors (Lipinski definition) is 2. The summed E-state index contributed by atoms with van der Waals surface area (Å²) in [5.41, 5.74) is 6.43. The molecule has 0 saturated carbocycles. The van der Waals surface area contributed by atoms with E-state index in [2.05, 4.69) is 10.9 Å². The van der Waals surface area contributed by atoms with Crippen molar-refractivity contribution in [2.24, 2.45) is 0 Å². The highest BCUT2D eigenvalue weighted by Gasteiger charge is 2.21. The van der Waals surface area contributed by atoms with Crippen LogP contribution in [0.3, 0.4) is 0 Å². The molecule has 3 rings (SSSR count). The molecule has 0 fully saturated rings. The molecule has 182 valence electrons. The van der Waals surface area contributed by atoms with Crippen molar-refractivity contribution in [2.45, 2.75) is 18.7 Å². The predicted octanol–water partition coefficient (Wildman–Crippen LogP) is 3.69. The second kappa shape index (κ2) is 10.8. The number of rotatable bonds is 7. The zero-order chi connectivity index (χ0) is 25.6. The lowest BCUT2D eigenvalue weighted by molar-refractivity contribution is -0.117. The third-order valence-electron chi connectivity index (χ3n) is 4.83. The highest BCUT2D eigenvalue weighted by atomic mass is 32.2. The molecule has 2 N–H and O–H groups in total. The van der Waals surface area contributed by atoms with E-state index in [4.69, 9.17) is 8.92 Å². The normalized spacial score (nSPS) is 11.2.